The van der Waals surface area contributed by atoms with Crippen LogP contribution in [0.25, 0.3) is 5.65 Å². The molecule has 0 spiro atoms. The Hall–Kier alpha value is -3.29. The van der Waals surface area contributed by atoms with E-state index in [1.54, 1.807) is 24.4 Å². The largest absolute Gasteiger partial charge is 0.486 e. The Bertz CT molecular complexity index is 908. The van der Waals surface area contributed by atoms with Gasteiger partial charge in [0.05, 0.1) is 12.7 Å². The molecule has 0 radical (unpaired) electrons. The number of pyridine rings is 1. The summed E-state index contributed by atoms with van der Waals surface area (Å²) in [6.45, 7) is 0.713. The molecule has 0 saturated heterocycles. The highest BCUT2D eigenvalue weighted by molar-refractivity contribution is 5.62. The number of aromatic nitrogens is 2. The lowest BCUT2D eigenvalue weighted by molar-refractivity contribution is -0.389. The van der Waals surface area contributed by atoms with Gasteiger partial charge in [-0.15, -0.1) is 0 Å². The normalized spacial score (nSPS) is 16.1. The fraction of sp³-hybridized carbons (Fsp3) is 0.188. The summed E-state index contributed by atoms with van der Waals surface area (Å²) in [6.07, 6.45) is 1.35. The third kappa shape index (κ3) is 2.47. The van der Waals surface area contributed by atoms with Crippen molar-refractivity contribution in [1.29, 1.82) is 0 Å². The van der Waals surface area contributed by atoms with E-state index in [1.807, 2.05) is 24.3 Å². The fourth-order valence-corrected chi connectivity index (χ4v) is 2.65. The predicted molar refractivity (Wildman–Crippen MR) is 86.7 cm³/mol. The van der Waals surface area contributed by atoms with Crippen LogP contribution in [0.3, 0.4) is 0 Å². The van der Waals surface area contributed by atoms with Crippen molar-refractivity contribution in [3.8, 4) is 11.5 Å². The summed E-state index contributed by atoms with van der Waals surface area (Å²) in [5.74, 6) is 1.49. The Labute approximate surface area is 136 Å². The molecule has 4 rings (SSSR count). The van der Waals surface area contributed by atoms with E-state index >= 15 is 0 Å². The number of rotatable bonds is 4. The summed E-state index contributed by atoms with van der Waals surface area (Å²) >= 11 is 0. The van der Waals surface area contributed by atoms with Crippen LogP contribution < -0.4 is 14.8 Å². The fourth-order valence-electron chi connectivity index (χ4n) is 2.65. The van der Waals surface area contributed by atoms with Crippen molar-refractivity contribution in [1.82, 2.24) is 9.38 Å². The molecule has 1 N–H and O–H groups in total. The molecule has 0 saturated carbocycles. The third-order valence-corrected chi connectivity index (χ3v) is 3.74. The zero-order valence-corrected chi connectivity index (χ0v) is 12.6. The zero-order valence-electron chi connectivity index (χ0n) is 12.6. The van der Waals surface area contributed by atoms with Gasteiger partial charge in [0.2, 0.25) is 11.5 Å². The van der Waals surface area contributed by atoms with Gasteiger partial charge >= 0.3 is 5.82 Å². The van der Waals surface area contributed by atoms with Crippen LogP contribution in [0.5, 0.6) is 11.5 Å². The van der Waals surface area contributed by atoms with Gasteiger partial charge in [0.1, 0.15) is 12.7 Å². The molecule has 3 aromatic rings. The van der Waals surface area contributed by atoms with Crippen LogP contribution in [0.4, 0.5) is 11.6 Å². The molecule has 122 valence electrons. The highest BCUT2D eigenvalue weighted by Gasteiger charge is 2.25. The first-order valence-corrected chi connectivity index (χ1v) is 7.46. The molecule has 0 aliphatic carbocycles. The van der Waals surface area contributed by atoms with E-state index in [4.69, 9.17) is 9.47 Å². The Morgan fingerprint density at radius 3 is 2.88 bits per heavy atom. The Kier molecular flexibility index (Phi) is 3.42. The maximum Gasteiger partial charge on any atom is 0.372 e. The van der Waals surface area contributed by atoms with Crippen molar-refractivity contribution in [2.24, 2.45) is 0 Å². The molecule has 0 unspecified atom stereocenters. The van der Waals surface area contributed by atoms with Gasteiger partial charge in [-0.2, -0.15) is 9.38 Å². The minimum absolute atomic E-state index is 0.0947. The predicted octanol–water partition coefficient (Wildman–Crippen LogP) is 2.49. The number of hydrogen-bond acceptors (Lipinski definition) is 6. The summed E-state index contributed by atoms with van der Waals surface area (Å²) in [6, 6.07) is 12.6. The zero-order chi connectivity index (χ0) is 16.5. The topological polar surface area (TPSA) is 90.9 Å². The minimum Gasteiger partial charge on any atom is -0.486 e. The lowest BCUT2D eigenvalue weighted by atomic mass is 10.2. The van der Waals surface area contributed by atoms with Gasteiger partial charge in [0.25, 0.3) is 0 Å². The summed E-state index contributed by atoms with van der Waals surface area (Å²) in [5.41, 5.74) is 0.512. The lowest BCUT2D eigenvalue weighted by Crippen LogP contribution is -2.35. The van der Waals surface area contributed by atoms with E-state index in [0.717, 1.165) is 0 Å². The van der Waals surface area contributed by atoms with Gasteiger partial charge < -0.3 is 24.9 Å². The molecule has 3 heterocycles. The van der Waals surface area contributed by atoms with Crippen LogP contribution >= 0.6 is 0 Å². The molecule has 24 heavy (non-hydrogen) atoms. The number of nitro groups is 1. The minimum atomic E-state index is -0.449. The molecule has 0 bridgehead atoms. The van der Waals surface area contributed by atoms with E-state index in [-0.39, 0.29) is 17.7 Å². The standard InChI is InChI=1S/C16H14N4O4/c21-20(22)16-15(18-14-7-3-4-8-19(14)16)17-9-11-10-23-12-5-1-2-6-13(12)24-11/h1-8,11,17H,9-10H2/t11-/m0/s1. The first-order chi connectivity index (χ1) is 11.7. The average Bonchev–Trinajstić information content (AvgIpc) is 2.98. The molecule has 8 heteroatoms. The number of hydrogen-bond donors (Lipinski definition) is 1. The second-order valence-electron chi connectivity index (χ2n) is 5.35. The van der Waals surface area contributed by atoms with Crippen molar-refractivity contribution >= 4 is 17.3 Å². The molecule has 8 nitrogen and oxygen atoms in total. The van der Waals surface area contributed by atoms with Crippen molar-refractivity contribution < 1.29 is 14.4 Å². The number of imidazole rings is 1. The highest BCUT2D eigenvalue weighted by atomic mass is 16.6. The second kappa shape index (κ2) is 5.73. The first kappa shape index (κ1) is 14.3. The molecule has 1 aromatic carbocycles. The third-order valence-electron chi connectivity index (χ3n) is 3.74. The summed E-state index contributed by atoms with van der Waals surface area (Å²) in [5, 5.41) is 14.4. The van der Waals surface area contributed by atoms with E-state index < -0.39 is 4.92 Å². The molecule has 1 aliphatic heterocycles. The molecule has 1 atom stereocenters. The number of fused-ring (bicyclic) bond motifs is 2. The number of nitrogens with zero attached hydrogens (tertiary/aromatic N) is 3. The molecule has 1 aliphatic rings. The number of anilines is 1. The number of nitrogens with one attached hydrogen (secondary N) is 1. The maximum absolute atomic E-state index is 11.4. The maximum atomic E-state index is 11.4. The molecular weight excluding hydrogens is 312 g/mol. The molecular formula is C16H14N4O4. The highest BCUT2D eigenvalue weighted by Crippen LogP contribution is 2.31. The first-order valence-electron chi connectivity index (χ1n) is 7.46. The van der Waals surface area contributed by atoms with Crippen LogP contribution in [-0.4, -0.2) is 33.6 Å². The van der Waals surface area contributed by atoms with Crippen LogP contribution in [-0.2, 0) is 0 Å². The SMILES string of the molecule is O=[N+]([O-])c1c(NC[C@H]2COc3ccccc3O2)nc2ccccn12. The second-order valence-corrected chi connectivity index (χ2v) is 5.35. The Morgan fingerprint density at radius 1 is 1.25 bits per heavy atom. The van der Waals surface area contributed by atoms with Gasteiger partial charge in [0.15, 0.2) is 11.5 Å². The number of para-hydroxylation sites is 2. The van der Waals surface area contributed by atoms with E-state index in [1.165, 1.54) is 4.40 Å². The summed E-state index contributed by atoms with van der Waals surface area (Å²) < 4.78 is 12.9. The van der Waals surface area contributed by atoms with Crippen molar-refractivity contribution in [2.75, 3.05) is 18.5 Å². The monoisotopic (exact) mass is 326 g/mol. The van der Waals surface area contributed by atoms with Gasteiger partial charge in [-0.3, -0.25) is 0 Å². The van der Waals surface area contributed by atoms with Crippen LogP contribution in [0.15, 0.2) is 48.7 Å². The average molecular weight is 326 g/mol. The number of benzene rings is 1. The molecule has 0 fully saturated rings. The molecule has 2 aromatic heterocycles. The van der Waals surface area contributed by atoms with Gasteiger partial charge in [-0.1, -0.05) is 18.2 Å². The van der Waals surface area contributed by atoms with E-state index in [9.17, 15) is 10.1 Å². The molecule has 0 amide bonds. The van der Waals surface area contributed by atoms with Crippen LogP contribution in [0, 0.1) is 10.1 Å². The lowest BCUT2D eigenvalue weighted by Gasteiger charge is -2.26. The van der Waals surface area contributed by atoms with Crippen LogP contribution in [0.2, 0.25) is 0 Å². The Morgan fingerprint density at radius 2 is 2.04 bits per heavy atom. The van der Waals surface area contributed by atoms with Gasteiger partial charge in [-0.25, -0.2) is 0 Å². The van der Waals surface area contributed by atoms with Crippen LogP contribution in [0.1, 0.15) is 0 Å². The summed E-state index contributed by atoms with van der Waals surface area (Å²) in [7, 11) is 0. The van der Waals surface area contributed by atoms with Crippen molar-refractivity contribution in [2.45, 2.75) is 6.10 Å². The van der Waals surface area contributed by atoms with Crippen molar-refractivity contribution in [3.63, 3.8) is 0 Å². The quantitative estimate of drug-likeness (QED) is 0.585. The van der Waals surface area contributed by atoms with E-state index in [0.29, 0.717) is 30.3 Å². The smallest absolute Gasteiger partial charge is 0.372 e. The number of ether oxygens (including phenoxy) is 2. The van der Waals surface area contributed by atoms with Gasteiger partial charge in [0, 0.05) is 6.07 Å². The van der Waals surface area contributed by atoms with Gasteiger partial charge in [-0.05, 0) is 23.1 Å². The van der Waals surface area contributed by atoms with E-state index in [2.05, 4.69) is 10.3 Å². The van der Waals surface area contributed by atoms with Crippen molar-refractivity contribution in [3.05, 3.63) is 58.8 Å². The summed E-state index contributed by atoms with van der Waals surface area (Å²) in [4.78, 5) is 15.2. The Balaban J connectivity index is 1.53.